The maximum Gasteiger partial charge on any atom is 0.208 e. The van der Waals surface area contributed by atoms with Gasteiger partial charge in [0.2, 0.25) is 5.62 Å². The van der Waals surface area contributed by atoms with Crippen molar-refractivity contribution in [3.8, 4) is 22.7 Å². The van der Waals surface area contributed by atoms with Crippen LogP contribution in [0.2, 0.25) is 5.02 Å². The van der Waals surface area contributed by atoms with Crippen molar-refractivity contribution in [2.75, 3.05) is 7.11 Å². The number of rotatable bonds is 5. The predicted octanol–water partition coefficient (Wildman–Crippen LogP) is 5.68. The van der Waals surface area contributed by atoms with Gasteiger partial charge in [-0.2, -0.15) is 0 Å². The second-order valence-electron chi connectivity index (χ2n) is 7.43. The molecule has 1 N–H and O–H groups in total. The van der Waals surface area contributed by atoms with Crippen LogP contribution in [-0.2, 0) is 6.54 Å². The predicted molar refractivity (Wildman–Crippen MR) is 127 cm³/mol. The van der Waals surface area contributed by atoms with Gasteiger partial charge >= 0.3 is 0 Å². The minimum atomic E-state index is 0.359. The monoisotopic (exact) mass is 440 g/mol. The van der Waals surface area contributed by atoms with Crippen LogP contribution in [0.5, 0.6) is 5.75 Å². The highest BCUT2D eigenvalue weighted by Gasteiger charge is 2.14. The van der Waals surface area contributed by atoms with Crippen LogP contribution in [0.1, 0.15) is 5.56 Å². The fourth-order valence-corrected chi connectivity index (χ4v) is 4.18. The summed E-state index contributed by atoms with van der Waals surface area (Å²) >= 11 is 6.40. The molecule has 0 saturated heterocycles. The number of ether oxygens (including phenoxy) is 1. The molecule has 3 aromatic carbocycles. The van der Waals surface area contributed by atoms with Gasteiger partial charge in [0, 0.05) is 10.6 Å². The number of halogens is 1. The van der Waals surface area contributed by atoms with E-state index in [4.69, 9.17) is 21.7 Å². The van der Waals surface area contributed by atoms with Gasteiger partial charge in [0.1, 0.15) is 5.75 Å². The lowest BCUT2D eigenvalue weighted by molar-refractivity contribution is 0.416. The van der Waals surface area contributed by atoms with Crippen LogP contribution in [0.4, 0.5) is 0 Å². The van der Waals surface area contributed by atoms with Gasteiger partial charge in [-0.15, -0.1) is 0 Å². The molecule has 6 heteroatoms. The first kappa shape index (κ1) is 20.1. The number of imidazole rings is 1. The van der Waals surface area contributed by atoms with E-state index in [1.165, 1.54) is 0 Å². The molecule has 158 valence electrons. The number of pyridine rings is 1. The second-order valence-corrected chi connectivity index (χ2v) is 7.83. The van der Waals surface area contributed by atoms with Gasteiger partial charge in [-0.05, 0) is 48.0 Å². The lowest BCUT2D eigenvalue weighted by Gasteiger charge is -2.09. The summed E-state index contributed by atoms with van der Waals surface area (Å²) in [5.74, 6) is 0.776. The molecule has 0 saturated carbocycles. The molecule has 0 bridgehead atoms. The summed E-state index contributed by atoms with van der Waals surface area (Å²) in [6.45, 7) is 0.513. The molecular formula is C26H21ClN4O. The second kappa shape index (κ2) is 8.36. The highest BCUT2D eigenvalue weighted by atomic mass is 35.5. The van der Waals surface area contributed by atoms with Crippen molar-refractivity contribution in [3.63, 3.8) is 0 Å². The average Bonchev–Trinajstić information content (AvgIpc) is 3.12. The highest BCUT2D eigenvalue weighted by molar-refractivity contribution is 6.31. The summed E-state index contributed by atoms with van der Waals surface area (Å²) < 4.78 is 9.34. The maximum absolute atomic E-state index is 8.95. The minimum Gasteiger partial charge on any atom is -0.496 e. The van der Waals surface area contributed by atoms with E-state index in [1.807, 2.05) is 94.1 Å². The Bertz CT molecular complexity index is 1470. The molecule has 2 aromatic heterocycles. The van der Waals surface area contributed by atoms with Crippen LogP contribution < -0.4 is 10.4 Å². The molecule has 0 aliphatic carbocycles. The number of nitrogens with zero attached hydrogens (tertiary/aromatic N) is 3. The molecule has 2 heterocycles. The summed E-state index contributed by atoms with van der Waals surface area (Å²) in [6.07, 6.45) is 1.80. The number of methoxy groups -OCH3 is 1. The Balaban J connectivity index is 1.61. The van der Waals surface area contributed by atoms with Crippen molar-refractivity contribution >= 4 is 22.6 Å². The topological polar surface area (TPSA) is 55.8 Å². The van der Waals surface area contributed by atoms with E-state index in [9.17, 15) is 0 Å². The summed E-state index contributed by atoms with van der Waals surface area (Å²) in [7, 11) is 1.66. The van der Waals surface area contributed by atoms with Crippen LogP contribution >= 0.6 is 11.6 Å². The summed E-state index contributed by atoms with van der Waals surface area (Å²) in [4.78, 5) is 4.67. The first-order valence-corrected chi connectivity index (χ1v) is 10.6. The zero-order valence-corrected chi connectivity index (χ0v) is 18.3. The molecule has 0 aliphatic heterocycles. The van der Waals surface area contributed by atoms with Crippen LogP contribution in [0, 0.1) is 5.41 Å². The number of para-hydroxylation sites is 3. The summed E-state index contributed by atoms with van der Waals surface area (Å²) in [5.41, 5.74) is 5.81. The van der Waals surface area contributed by atoms with Gasteiger partial charge in [0.25, 0.3) is 0 Å². The molecule has 0 spiro atoms. The maximum atomic E-state index is 8.95. The van der Waals surface area contributed by atoms with E-state index < -0.39 is 0 Å². The Morgan fingerprint density at radius 1 is 0.875 bits per heavy atom. The first-order chi connectivity index (χ1) is 15.7. The van der Waals surface area contributed by atoms with Crippen LogP contribution in [-0.4, -0.2) is 21.2 Å². The third kappa shape index (κ3) is 3.47. The smallest absolute Gasteiger partial charge is 0.208 e. The molecule has 5 rings (SSSR count). The third-order valence-corrected chi connectivity index (χ3v) is 5.92. The van der Waals surface area contributed by atoms with Crippen molar-refractivity contribution in [1.82, 2.24) is 14.1 Å². The molecule has 0 aliphatic rings. The van der Waals surface area contributed by atoms with Crippen molar-refractivity contribution in [3.05, 3.63) is 107 Å². The lowest BCUT2D eigenvalue weighted by Crippen LogP contribution is -2.24. The van der Waals surface area contributed by atoms with Crippen molar-refractivity contribution in [1.29, 1.82) is 5.41 Å². The number of fused-ring (bicyclic) bond motifs is 1. The average molecular weight is 441 g/mol. The van der Waals surface area contributed by atoms with Gasteiger partial charge < -0.3 is 9.30 Å². The Hall–Kier alpha value is -3.83. The largest absolute Gasteiger partial charge is 0.496 e. The van der Waals surface area contributed by atoms with Gasteiger partial charge in [0.05, 0.1) is 42.3 Å². The normalized spacial score (nSPS) is 11.1. The fourth-order valence-electron chi connectivity index (χ4n) is 3.98. The molecule has 0 amide bonds. The Morgan fingerprint density at radius 3 is 2.34 bits per heavy atom. The van der Waals surface area contributed by atoms with Crippen molar-refractivity contribution in [2.24, 2.45) is 0 Å². The SMILES string of the molecule is COc1ccccc1-c1ccc(-n2c(=N)n(Cc3ccccc3Cl)c3ccccc32)cn1. The number of hydrogen-bond donors (Lipinski definition) is 1. The number of aromatic nitrogens is 3. The fraction of sp³-hybridized carbons (Fsp3) is 0.0769. The third-order valence-electron chi connectivity index (χ3n) is 5.56. The van der Waals surface area contributed by atoms with Gasteiger partial charge in [-0.25, -0.2) is 0 Å². The molecule has 5 aromatic rings. The molecule has 5 nitrogen and oxygen atoms in total. The minimum absolute atomic E-state index is 0.359. The van der Waals surface area contributed by atoms with E-state index in [1.54, 1.807) is 13.3 Å². The van der Waals surface area contributed by atoms with E-state index in [0.29, 0.717) is 17.2 Å². The highest BCUT2D eigenvalue weighted by Crippen LogP contribution is 2.28. The van der Waals surface area contributed by atoms with E-state index in [0.717, 1.165) is 39.3 Å². The van der Waals surface area contributed by atoms with Gasteiger partial charge in [-0.1, -0.05) is 54.1 Å². The number of hydrogen-bond acceptors (Lipinski definition) is 3. The quantitative estimate of drug-likeness (QED) is 0.382. The Labute approximate surface area is 190 Å². The lowest BCUT2D eigenvalue weighted by atomic mass is 10.1. The van der Waals surface area contributed by atoms with E-state index in [-0.39, 0.29) is 0 Å². The van der Waals surface area contributed by atoms with E-state index in [2.05, 4.69) is 4.98 Å². The Kier molecular flexibility index (Phi) is 5.25. The Morgan fingerprint density at radius 2 is 1.59 bits per heavy atom. The van der Waals surface area contributed by atoms with Crippen molar-refractivity contribution in [2.45, 2.75) is 6.54 Å². The molecule has 0 unspecified atom stereocenters. The van der Waals surface area contributed by atoms with Crippen LogP contribution in [0.15, 0.2) is 91.1 Å². The van der Waals surface area contributed by atoms with Crippen LogP contribution in [0.25, 0.3) is 28.0 Å². The molecule has 0 fully saturated rings. The van der Waals surface area contributed by atoms with Gasteiger partial charge in [0.15, 0.2) is 0 Å². The van der Waals surface area contributed by atoms with Gasteiger partial charge in [-0.3, -0.25) is 15.0 Å². The first-order valence-electron chi connectivity index (χ1n) is 10.3. The molecule has 0 atom stereocenters. The molecular weight excluding hydrogens is 420 g/mol. The molecule has 32 heavy (non-hydrogen) atoms. The zero-order valence-electron chi connectivity index (χ0n) is 17.5. The standard InChI is InChI=1S/C26H21ClN4O/c1-32-25-13-7-3-9-20(25)22-15-14-19(16-29-22)31-24-12-6-5-11-23(24)30(26(31)28)17-18-8-2-4-10-21(18)27/h2-16,28H,17H2,1H3. The van der Waals surface area contributed by atoms with E-state index >= 15 is 0 Å². The number of benzene rings is 3. The summed E-state index contributed by atoms with van der Waals surface area (Å²) in [6, 6.07) is 27.5. The zero-order chi connectivity index (χ0) is 22.1. The molecule has 0 radical (unpaired) electrons. The summed E-state index contributed by atoms with van der Waals surface area (Å²) in [5, 5.41) is 9.64. The number of nitrogens with one attached hydrogen (secondary N) is 1. The van der Waals surface area contributed by atoms with Crippen LogP contribution in [0.3, 0.4) is 0 Å². The van der Waals surface area contributed by atoms with Crippen molar-refractivity contribution < 1.29 is 4.74 Å².